The van der Waals surface area contributed by atoms with Gasteiger partial charge in [-0.3, -0.25) is 4.68 Å². The van der Waals surface area contributed by atoms with E-state index in [2.05, 4.69) is 34.2 Å². The minimum absolute atomic E-state index is 0.865. The molecule has 2 aromatic heterocycles. The third kappa shape index (κ3) is 2.34. The minimum Gasteiger partial charge on any atom is -0.370 e. The van der Waals surface area contributed by atoms with Gasteiger partial charge >= 0.3 is 0 Å². The molecule has 0 amide bonds. The van der Waals surface area contributed by atoms with Gasteiger partial charge in [0.2, 0.25) is 0 Å². The Labute approximate surface area is 107 Å². The Balaban J connectivity index is 2.38. The molecule has 0 aromatic carbocycles. The highest BCUT2D eigenvalue weighted by Crippen LogP contribution is 2.25. The largest absolute Gasteiger partial charge is 0.370 e. The maximum Gasteiger partial charge on any atom is 0.129 e. The van der Waals surface area contributed by atoms with Gasteiger partial charge in [-0.2, -0.15) is 5.10 Å². The number of hydrogen-bond acceptors (Lipinski definition) is 4. The van der Waals surface area contributed by atoms with E-state index in [0.29, 0.717) is 0 Å². The molecule has 18 heavy (non-hydrogen) atoms. The topological polar surface area (TPSA) is 55.6 Å². The summed E-state index contributed by atoms with van der Waals surface area (Å²) in [5.41, 5.74) is 4.13. The van der Waals surface area contributed by atoms with E-state index in [4.69, 9.17) is 0 Å². The number of aryl methyl sites for hydroxylation is 2. The average molecular weight is 245 g/mol. The van der Waals surface area contributed by atoms with Crippen LogP contribution >= 0.6 is 0 Å². The van der Waals surface area contributed by atoms with Crippen molar-refractivity contribution >= 4 is 5.82 Å². The summed E-state index contributed by atoms with van der Waals surface area (Å²) in [7, 11) is 1.95. The minimum atomic E-state index is 0.865. The molecule has 0 aliphatic carbocycles. The predicted molar refractivity (Wildman–Crippen MR) is 72.5 cm³/mol. The maximum absolute atomic E-state index is 4.41. The molecule has 0 spiro atoms. The average Bonchev–Trinajstić information content (AvgIpc) is 2.61. The van der Waals surface area contributed by atoms with Gasteiger partial charge in [-0.05, 0) is 20.3 Å². The lowest BCUT2D eigenvalue weighted by Crippen LogP contribution is -2.02. The fourth-order valence-electron chi connectivity index (χ4n) is 1.99. The van der Waals surface area contributed by atoms with Crippen LogP contribution in [0.1, 0.15) is 24.7 Å². The second kappa shape index (κ2) is 5.16. The van der Waals surface area contributed by atoms with E-state index in [-0.39, 0.29) is 0 Å². The van der Waals surface area contributed by atoms with Crippen LogP contribution in [0.2, 0.25) is 0 Å². The molecule has 5 nitrogen and oxygen atoms in total. The summed E-state index contributed by atoms with van der Waals surface area (Å²) in [5, 5.41) is 7.69. The summed E-state index contributed by atoms with van der Waals surface area (Å²) in [6.45, 7) is 7.10. The summed E-state index contributed by atoms with van der Waals surface area (Å²) in [6.07, 6.45) is 2.67. The van der Waals surface area contributed by atoms with Gasteiger partial charge in [0.05, 0.1) is 11.4 Å². The first-order valence-electron chi connectivity index (χ1n) is 6.20. The Kier molecular flexibility index (Phi) is 3.60. The molecular weight excluding hydrogens is 226 g/mol. The van der Waals surface area contributed by atoms with Gasteiger partial charge in [0.1, 0.15) is 12.1 Å². The second-order valence-corrected chi connectivity index (χ2v) is 4.38. The normalized spacial score (nSPS) is 10.7. The molecule has 5 heteroatoms. The van der Waals surface area contributed by atoms with E-state index < -0.39 is 0 Å². The first-order valence-corrected chi connectivity index (χ1v) is 6.20. The van der Waals surface area contributed by atoms with Crippen LogP contribution < -0.4 is 5.32 Å². The van der Waals surface area contributed by atoms with Crippen molar-refractivity contribution in [2.24, 2.45) is 7.05 Å². The van der Waals surface area contributed by atoms with Crippen molar-refractivity contribution in [1.82, 2.24) is 19.7 Å². The SMILES string of the molecule is CCCNc1cc(-c2c(C)nn(C)c2C)ncn1. The first-order chi connectivity index (χ1) is 8.63. The standard InChI is InChI=1S/C13H19N5/c1-5-6-14-12-7-11(15-8-16-12)13-9(2)17-18(4)10(13)3/h7-8H,5-6H2,1-4H3,(H,14,15,16). The number of nitrogens with one attached hydrogen (secondary N) is 1. The molecule has 96 valence electrons. The molecule has 2 aromatic rings. The zero-order valence-electron chi connectivity index (χ0n) is 11.4. The smallest absolute Gasteiger partial charge is 0.129 e. The molecule has 0 bridgehead atoms. The van der Waals surface area contributed by atoms with Crippen molar-refractivity contribution in [2.75, 3.05) is 11.9 Å². The zero-order valence-corrected chi connectivity index (χ0v) is 11.4. The Bertz CT molecular complexity index is 544. The van der Waals surface area contributed by atoms with Crippen LogP contribution in [0.25, 0.3) is 11.3 Å². The zero-order chi connectivity index (χ0) is 13.1. The van der Waals surface area contributed by atoms with Crippen LogP contribution in [0.5, 0.6) is 0 Å². The molecule has 0 aliphatic rings. The Morgan fingerprint density at radius 3 is 2.67 bits per heavy atom. The molecule has 0 fully saturated rings. The molecule has 0 radical (unpaired) electrons. The van der Waals surface area contributed by atoms with Crippen molar-refractivity contribution in [3.05, 3.63) is 23.8 Å². The summed E-state index contributed by atoms with van der Waals surface area (Å²) in [5.74, 6) is 0.865. The van der Waals surface area contributed by atoms with E-state index in [1.54, 1.807) is 6.33 Å². The van der Waals surface area contributed by atoms with Crippen molar-refractivity contribution in [2.45, 2.75) is 27.2 Å². The summed E-state index contributed by atoms with van der Waals surface area (Å²) in [6, 6.07) is 1.98. The summed E-state index contributed by atoms with van der Waals surface area (Å²) >= 11 is 0. The van der Waals surface area contributed by atoms with E-state index in [1.165, 1.54) is 0 Å². The van der Waals surface area contributed by atoms with Crippen LogP contribution in [0.3, 0.4) is 0 Å². The molecular formula is C13H19N5. The highest BCUT2D eigenvalue weighted by atomic mass is 15.3. The van der Waals surface area contributed by atoms with Gasteiger partial charge < -0.3 is 5.32 Å². The van der Waals surface area contributed by atoms with Crippen molar-refractivity contribution < 1.29 is 0 Å². The Hall–Kier alpha value is -1.91. The molecule has 0 atom stereocenters. The van der Waals surface area contributed by atoms with Gasteiger partial charge in [-0.15, -0.1) is 0 Å². The van der Waals surface area contributed by atoms with Gasteiger partial charge in [0.15, 0.2) is 0 Å². The monoisotopic (exact) mass is 245 g/mol. The van der Waals surface area contributed by atoms with Gasteiger partial charge in [0.25, 0.3) is 0 Å². The van der Waals surface area contributed by atoms with Crippen LogP contribution in [-0.2, 0) is 7.05 Å². The lowest BCUT2D eigenvalue weighted by atomic mass is 10.1. The Morgan fingerprint density at radius 2 is 2.06 bits per heavy atom. The van der Waals surface area contributed by atoms with Crippen LogP contribution in [-0.4, -0.2) is 26.3 Å². The first kappa shape index (κ1) is 12.5. The number of aromatic nitrogens is 4. The highest BCUT2D eigenvalue weighted by Gasteiger charge is 2.13. The van der Waals surface area contributed by atoms with Crippen LogP contribution in [0.4, 0.5) is 5.82 Å². The third-order valence-electron chi connectivity index (χ3n) is 2.99. The molecule has 0 aliphatic heterocycles. The maximum atomic E-state index is 4.41. The summed E-state index contributed by atoms with van der Waals surface area (Å²) in [4.78, 5) is 8.57. The van der Waals surface area contributed by atoms with E-state index in [0.717, 1.165) is 41.4 Å². The van der Waals surface area contributed by atoms with E-state index in [9.17, 15) is 0 Å². The van der Waals surface area contributed by atoms with Crippen molar-refractivity contribution in [3.8, 4) is 11.3 Å². The Morgan fingerprint density at radius 1 is 1.28 bits per heavy atom. The fourth-order valence-corrected chi connectivity index (χ4v) is 1.99. The molecule has 0 saturated carbocycles. The second-order valence-electron chi connectivity index (χ2n) is 4.38. The molecule has 2 heterocycles. The molecule has 0 unspecified atom stereocenters. The lowest BCUT2D eigenvalue weighted by molar-refractivity contribution is 0.731. The number of rotatable bonds is 4. The lowest BCUT2D eigenvalue weighted by Gasteiger charge is -2.06. The summed E-state index contributed by atoms with van der Waals surface area (Å²) < 4.78 is 1.88. The van der Waals surface area contributed by atoms with Crippen molar-refractivity contribution in [3.63, 3.8) is 0 Å². The third-order valence-corrected chi connectivity index (χ3v) is 2.99. The van der Waals surface area contributed by atoms with E-state index in [1.807, 2.05) is 24.7 Å². The highest BCUT2D eigenvalue weighted by molar-refractivity contribution is 5.66. The number of hydrogen-bond donors (Lipinski definition) is 1. The van der Waals surface area contributed by atoms with Crippen LogP contribution in [0, 0.1) is 13.8 Å². The van der Waals surface area contributed by atoms with Crippen molar-refractivity contribution in [1.29, 1.82) is 0 Å². The van der Waals surface area contributed by atoms with E-state index >= 15 is 0 Å². The predicted octanol–water partition coefficient (Wildman–Crippen LogP) is 2.32. The molecule has 0 saturated heterocycles. The quantitative estimate of drug-likeness (QED) is 0.898. The van der Waals surface area contributed by atoms with Crippen LogP contribution in [0.15, 0.2) is 12.4 Å². The molecule has 1 N–H and O–H groups in total. The van der Waals surface area contributed by atoms with Gasteiger partial charge in [0, 0.05) is 30.9 Å². The molecule has 2 rings (SSSR count). The van der Waals surface area contributed by atoms with Gasteiger partial charge in [-0.25, -0.2) is 9.97 Å². The fraction of sp³-hybridized carbons (Fsp3) is 0.462. The number of anilines is 1. The van der Waals surface area contributed by atoms with Gasteiger partial charge in [-0.1, -0.05) is 6.92 Å². The number of nitrogens with zero attached hydrogens (tertiary/aromatic N) is 4.